The van der Waals surface area contributed by atoms with E-state index in [2.05, 4.69) is 48.0 Å². The number of nitrogens with one attached hydrogen (secondary N) is 1. The maximum atomic E-state index is 5.90. The molecule has 22 heavy (non-hydrogen) atoms. The average molecular weight is 315 g/mol. The number of benzene rings is 1. The van der Waals surface area contributed by atoms with Gasteiger partial charge in [0.1, 0.15) is 5.75 Å². The smallest absolute Gasteiger partial charge is 0.122 e. The average Bonchev–Trinajstić information content (AvgIpc) is 3.06. The zero-order chi connectivity index (χ0) is 15.2. The molecule has 1 aromatic carbocycles. The van der Waals surface area contributed by atoms with Crippen LogP contribution in [0.3, 0.4) is 0 Å². The van der Waals surface area contributed by atoms with Crippen molar-refractivity contribution in [3.8, 4) is 5.75 Å². The molecule has 0 radical (unpaired) electrons. The SMILES string of the molecule is CCCOc1cccc2c1CC[C@@H](NCCc1cccs1)C2. The van der Waals surface area contributed by atoms with Crippen molar-refractivity contribution in [2.45, 2.75) is 45.1 Å². The van der Waals surface area contributed by atoms with E-state index in [1.54, 1.807) is 0 Å². The van der Waals surface area contributed by atoms with Gasteiger partial charge in [-0.3, -0.25) is 0 Å². The maximum absolute atomic E-state index is 5.90. The Kier molecular flexibility index (Phi) is 5.52. The van der Waals surface area contributed by atoms with Crippen LogP contribution in [0.2, 0.25) is 0 Å². The first-order valence-corrected chi connectivity index (χ1v) is 9.24. The highest BCUT2D eigenvalue weighted by Crippen LogP contribution is 2.29. The first kappa shape index (κ1) is 15.6. The van der Waals surface area contributed by atoms with Crippen molar-refractivity contribution in [2.75, 3.05) is 13.2 Å². The molecule has 1 heterocycles. The van der Waals surface area contributed by atoms with Crippen molar-refractivity contribution < 1.29 is 4.74 Å². The van der Waals surface area contributed by atoms with E-state index in [9.17, 15) is 0 Å². The lowest BCUT2D eigenvalue weighted by Crippen LogP contribution is -2.35. The fourth-order valence-corrected chi connectivity index (χ4v) is 3.86. The first-order chi connectivity index (χ1) is 10.9. The van der Waals surface area contributed by atoms with Crippen LogP contribution in [0.1, 0.15) is 35.8 Å². The molecule has 1 aliphatic carbocycles. The highest BCUT2D eigenvalue weighted by molar-refractivity contribution is 7.09. The summed E-state index contributed by atoms with van der Waals surface area (Å²) in [5.74, 6) is 1.11. The summed E-state index contributed by atoms with van der Waals surface area (Å²) in [6.45, 7) is 4.05. The van der Waals surface area contributed by atoms with Gasteiger partial charge < -0.3 is 10.1 Å². The minimum atomic E-state index is 0.605. The first-order valence-electron chi connectivity index (χ1n) is 8.36. The number of fused-ring (bicyclic) bond motifs is 1. The third-order valence-electron chi connectivity index (χ3n) is 4.29. The normalized spacial score (nSPS) is 17.2. The summed E-state index contributed by atoms with van der Waals surface area (Å²) < 4.78 is 5.90. The number of thiophene rings is 1. The van der Waals surface area contributed by atoms with E-state index in [0.717, 1.165) is 44.6 Å². The molecule has 0 saturated carbocycles. The van der Waals surface area contributed by atoms with E-state index in [-0.39, 0.29) is 0 Å². The summed E-state index contributed by atoms with van der Waals surface area (Å²) in [5, 5.41) is 5.89. The third-order valence-corrected chi connectivity index (χ3v) is 5.22. The molecule has 0 spiro atoms. The summed E-state index contributed by atoms with van der Waals surface area (Å²) in [6, 6.07) is 11.5. The topological polar surface area (TPSA) is 21.3 Å². The van der Waals surface area contributed by atoms with E-state index in [1.807, 2.05) is 11.3 Å². The number of rotatable bonds is 7. The largest absolute Gasteiger partial charge is 0.493 e. The highest BCUT2D eigenvalue weighted by atomic mass is 32.1. The standard InChI is InChI=1S/C19H25NOS/c1-2-12-21-19-7-3-5-15-14-16(8-9-18(15)19)20-11-10-17-6-4-13-22-17/h3-7,13,16,20H,2,8-12,14H2,1H3/t16-/m1/s1. The molecule has 0 unspecified atom stereocenters. The van der Waals surface area contributed by atoms with E-state index in [4.69, 9.17) is 4.74 Å². The Morgan fingerprint density at radius 2 is 2.23 bits per heavy atom. The van der Waals surface area contributed by atoms with Crippen LogP contribution in [0, 0.1) is 0 Å². The molecule has 118 valence electrons. The summed E-state index contributed by atoms with van der Waals surface area (Å²) >= 11 is 1.85. The molecule has 0 fully saturated rings. The molecule has 1 aromatic heterocycles. The summed E-state index contributed by atoms with van der Waals surface area (Å²) in [6.07, 6.45) is 5.68. The molecular weight excluding hydrogens is 290 g/mol. The molecule has 2 nitrogen and oxygen atoms in total. The Morgan fingerprint density at radius 3 is 3.05 bits per heavy atom. The van der Waals surface area contributed by atoms with Gasteiger partial charge in [-0.05, 0) is 60.7 Å². The second-order valence-electron chi connectivity index (χ2n) is 5.97. The fraction of sp³-hybridized carbons (Fsp3) is 0.474. The van der Waals surface area contributed by atoms with Crippen LogP contribution < -0.4 is 10.1 Å². The van der Waals surface area contributed by atoms with Crippen LogP contribution in [0.5, 0.6) is 5.75 Å². The van der Waals surface area contributed by atoms with Crippen molar-refractivity contribution >= 4 is 11.3 Å². The van der Waals surface area contributed by atoms with Gasteiger partial charge in [0.05, 0.1) is 6.61 Å². The number of hydrogen-bond donors (Lipinski definition) is 1. The van der Waals surface area contributed by atoms with Gasteiger partial charge in [0.25, 0.3) is 0 Å². The predicted octanol–water partition coefficient (Wildman–Crippen LogP) is 4.23. The fourth-order valence-electron chi connectivity index (χ4n) is 3.15. The minimum Gasteiger partial charge on any atom is -0.493 e. The second-order valence-corrected chi connectivity index (χ2v) is 7.00. The Hall–Kier alpha value is -1.32. The van der Waals surface area contributed by atoms with Crippen LogP contribution in [-0.4, -0.2) is 19.2 Å². The van der Waals surface area contributed by atoms with Crippen LogP contribution in [0.4, 0.5) is 0 Å². The zero-order valence-corrected chi connectivity index (χ0v) is 14.1. The Bertz CT molecular complexity index is 579. The molecule has 3 rings (SSSR count). The van der Waals surface area contributed by atoms with Crippen molar-refractivity contribution in [1.29, 1.82) is 0 Å². The molecule has 3 heteroatoms. The predicted molar refractivity (Wildman–Crippen MR) is 94.1 cm³/mol. The lowest BCUT2D eigenvalue weighted by atomic mass is 9.87. The van der Waals surface area contributed by atoms with Gasteiger partial charge in [0, 0.05) is 17.5 Å². The van der Waals surface area contributed by atoms with Crippen molar-refractivity contribution in [2.24, 2.45) is 0 Å². The molecule has 0 amide bonds. The van der Waals surface area contributed by atoms with Crippen molar-refractivity contribution in [1.82, 2.24) is 5.32 Å². The van der Waals surface area contributed by atoms with E-state index in [0.29, 0.717) is 6.04 Å². The van der Waals surface area contributed by atoms with Crippen molar-refractivity contribution in [3.05, 3.63) is 51.7 Å². The van der Waals surface area contributed by atoms with Gasteiger partial charge in [-0.25, -0.2) is 0 Å². The Morgan fingerprint density at radius 1 is 1.27 bits per heavy atom. The van der Waals surface area contributed by atoms with Gasteiger partial charge >= 0.3 is 0 Å². The minimum absolute atomic E-state index is 0.605. The summed E-state index contributed by atoms with van der Waals surface area (Å²) in [7, 11) is 0. The van der Waals surface area contributed by atoms with Gasteiger partial charge in [-0.2, -0.15) is 0 Å². The number of hydrogen-bond acceptors (Lipinski definition) is 3. The Balaban J connectivity index is 1.54. The van der Waals surface area contributed by atoms with Gasteiger partial charge in [-0.1, -0.05) is 25.1 Å². The van der Waals surface area contributed by atoms with Gasteiger partial charge in [-0.15, -0.1) is 11.3 Å². The van der Waals surface area contributed by atoms with Crippen LogP contribution in [0.15, 0.2) is 35.7 Å². The van der Waals surface area contributed by atoms with Gasteiger partial charge in [0.2, 0.25) is 0 Å². The maximum Gasteiger partial charge on any atom is 0.122 e. The quantitative estimate of drug-likeness (QED) is 0.826. The summed E-state index contributed by atoms with van der Waals surface area (Å²) in [4.78, 5) is 1.47. The molecule has 1 N–H and O–H groups in total. The van der Waals surface area contributed by atoms with Crippen molar-refractivity contribution in [3.63, 3.8) is 0 Å². The lowest BCUT2D eigenvalue weighted by molar-refractivity contribution is 0.311. The molecule has 0 saturated heterocycles. The Labute approximate surface area is 137 Å². The molecule has 1 atom stereocenters. The molecular formula is C19H25NOS. The molecule has 0 bridgehead atoms. The zero-order valence-electron chi connectivity index (χ0n) is 13.3. The molecule has 2 aromatic rings. The number of ether oxygens (including phenoxy) is 1. The van der Waals surface area contributed by atoms with E-state index in [1.165, 1.54) is 22.4 Å². The van der Waals surface area contributed by atoms with E-state index >= 15 is 0 Å². The second kappa shape index (κ2) is 7.80. The molecule has 0 aliphatic heterocycles. The monoisotopic (exact) mass is 315 g/mol. The highest BCUT2D eigenvalue weighted by Gasteiger charge is 2.20. The molecule has 1 aliphatic rings. The van der Waals surface area contributed by atoms with Crippen LogP contribution >= 0.6 is 11.3 Å². The third kappa shape index (κ3) is 3.90. The van der Waals surface area contributed by atoms with Crippen LogP contribution in [0.25, 0.3) is 0 Å². The lowest BCUT2D eigenvalue weighted by Gasteiger charge is -2.27. The van der Waals surface area contributed by atoms with E-state index < -0.39 is 0 Å². The summed E-state index contributed by atoms with van der Waals surface area (Å²) in [5.41, 5.74) is 2.90. The van der Waals surface area contributed by atoms with Crippen LogP contribution in [-0.2, 0) is 19.3 Å². The van der Waals surface area contributed by atoms with Gasteiger partial charge in [0.15, 0.2) is 0 Å².